The molecule has 3 aromatic rings. The van der Waals surface area contributed by atoms with Gasteiger partial charge in [0.2, 0.25) is 0 Å². The summed E-state index contributed by atoms with van der Waals surface area (Å²) in [6.45, 7) is 5.50. The number of carbonyl (C=O) groups excluding carboxylic acids is 1. The second-order valence-corrected chi connectivity index (χ2v) is 9.27. The number of aryl methyl sites for hydroxylation is 1. The van der Waals surface area contributed by atoms with Crippen LogP contribution >= 0.6 is 0 Å². The van der Waals surface area contributed by atoms with E-state index in [4.69, 9.17) is 9.47 Å². The third kappa shape index (κ3) is 5.52. The predicted octanol–water partition coefficient (Wildman–Crippen LogP) is 4.82. The van der Waals surface area contributed by atoms with Gasteiger partial charge in [0.1, 0.15) is 0 Å². The van der Waals surface area contributed by atoms with Crippen LogP contribution in [0.15, 0.2) is 30.6 Å². The number of rotatable bonds is 10. The Bertz CT molecular complexity index is 1150. The summed E-state index contributed by atoms with van der Waals surface area (Å²) in [5.74, 6) is 1.84. The zero-order valence-corrected chi connectivity index (χ0v) is 21.3. The number of fused-ring (bicyclic) bond motifs is 1. The summed E-state index contributed by atoms with van der Waals surface area (Å²) in [6, 6.07) is 6.08. The molecule has 1 aliphatic carbocycles. The van der Waals surface area contributed by atoms with Gasteiger partial charge in [-0.3, -0.25) is 4.79 Å². The van der Waals surface area contributed by atoms with Crippen molar-refractivity contribution in [3.63, 3.8) is 0 Å². The van der Waals surface area contributed by atoms with Crippen LogP contribution in [-0.2, 0) is 13.0 Å². The van der Waals surface area contributed by atoms with Gasteiger partial charge in [-0.2, -0.15) is 5.10 Å². The van der Waals surface area contributed by atoms with Crippen LogP contribution in [0.25, 0.3) is 11.0 Å². The first-order valence-corrected chi connectivity index (χ1v) is 12.7. The van der Waals surface area contributed by atoms with Crippen molar-refractivity contribution < 1.29 is 14.3 Å². The van der Waals surface area contributed by atoms with Gasteiger partial charge in [0.05, 0.1) is 37.1 Å². The third-order valence-electron chi connectivity index (χ3n) is 7.09. The second kappa shape index (κ2) is 11.4. The molecule has 1 amide bonds. The smallest absolute Gasteiger partial charge is 0.254 e. The van der Waals surface area contributed by atoms with Gasteiger partial charge in [-0.25, -0.2) is 9.67 Å². The highest BCUT2D eigenvalue weighted by Crippen LogP contribution is 2.32. The first-order valence-electron chi connectivity index (χ1n) is 12.7. The molecule has 4 rings (SSSR count). The van der Waals surface area contributed by atoms with Crippen LogP contribution in [0.2, 0.25) is 0 Å². The number of aromatic nitrogens is 3. The summed E-state index contributed by atoms with van der Waals surface area (Å²) >= 11 is 0. The number of anilines is 1. The number of benzene rings is 1. The predicted molar refractivity (Wildman–Crippen MR) is 138 cm³/mol. The molecule has 0 saturated heterocycles. The fraction of sp³-hybridized carbons (Fsp3) is 0.519. The van der Waals surface area contributed by atoms with Gasteiger partial charge >= 0.3 is 0 Å². The van der Waals surface area contributed by atoms with Crippen LogP contribution in [0.4, 0.5) is 5.69 Å². The monoisotopic (exact) mass is 479 g/mol. The van der Waals surface area contributed by atoms with E-state index in [9.17, 15) is 4.79 Å². The Balaban J connectivity index is 1.52. The molecule has 1 fully saturated rings. The van der Waals surface area contributed by atoms with Gasteiger partial charge in [-0.05, 0) is 56.7 Å². The molecule has 8 heteroatoms. The lowest BCUT2D eigenvalue weighted by Crippen LogP contribution is -2.31. The topological polar surface area (TPSA) is 90.3 Å². The zero-order valence-electron chi connectivity index (χ0n) is 21.3. The fourth-order valence-electron chi connectivity index (χ4n) is 5.02. The summed E-state index contributed by atoms with van der Waals surface area (Å²) in [6.07, 6.45) is 10.5. The second-order valence-electron chi connectivity index (χ2n) is 9.27. The van der Waals surface area contributed by atoms with Crippen LogP contribution in [0, 0.1) is 5.92 Å². The summed E-state index contributed by atoms with van der Waals surface area (Å²) in [7, 11) is 3.24. The summed E-state index contributed by atoms with van der Waals surface area (Å²) in [5.41, 5.74) is 3.25. The minimum Gasteiger partial charge on any atom is -0.493 e. The fourth-order valence-corrected chi connectivity index (χ4v) is 5.02. The largest absolute Gasteiger partial charge is 0.493 e. The Morgan fingerprint density at radius 3 is 2.63 bits per heavy atom. The van der Waals surface area contributed by atoms with Crippen molar-refractivity contribution in [3.8, 4) is 11.5 Å². The van der Waals surface area contributed by atoms with Crippen LogP contribution in [-0.4, -0.2) is 47.5 Å². The van der Waals surface area contributed by atoms with Gasteiger partial charge in [0.25, 0.3) is 5.91 Å². The van der Waals surface area contributed by atoms with E-state index < -0.39 is 0 Å². The normalized spacial score (nSPS) is 15.1. The summed E-state index contributed by atoms with van der Waals surface area (Å²) < 4.78 is 12.6. The standard InChI is InChI=1S/C27H37N5O3/c1-5-32-26-21(17-30-32)25(31-18(2)20-9-7-6-8-10-20)22(16-29-26)27(33)28-14-13-19-11-12-23(34-3)24(15-19)35-4/h11-12,15-18,20H,5-10,13-14H2,1-4H3,(H,28,33)(H,29,31)/t18-/m1/s1. The van der Waals surface area contributed by atoms with Crippen molar-refractivity contribution >= 4 is 22.6 Å². The molecule has 0 radical (unpaired) electrons. The third-order valence-corrected chi connectivity index (χ3v) is 7.09. The SMILES string of the molecule is CCn1ncc2c(N[C@H](C)C3CCCCC3)c(C(=O)NCCc3ccc(OC)c(OC)c3)cnc21. The molecule has 1 aromatic carbocycles. The van der Waals surface area contributed by atoms with E-state index in [1.54, 1.807) is 20.4 Å². The van der Waals surface area contributed by atoms with Crippen LogP contribution in [0.5, 0.6) is 11.5 Å². The van der Waals surface area contributed by atoms with Crippen molar-refractivity contribution in [3.05, 3.63) is 41.7 Å². The molecule has 0 aliphatic heterocycles. The minimum atomic E-state index is -0.137. The van der Waals surface area contributed by atoms with E-state index in [2.05, 4.69) is 27.6 Å². The van der Waals surface area contributed by atoms with Crippen molar-refractivity contribution in [1.29, 1.82) is 0 Å². The molecule has 0 bridgehead atoms. The van der Waals surface area contributed by atoms with E-state index in [0.29, 0.717) is 35.9 Å². The summed E-state index contributed by atoms with van der Waals surface area (Å²) in [4.78, 5) is 17.9. The number of amides is 1. The number of nitrogens with zero attached hydrogens (tertiary/aromatic N) is 3. The van der Waals surface area contributed by atoms with Gasteiger partial charge in [-0.1, -0.05) is 25.3 Å². The van der Waals surface area contributed by atoms with Crippen molar-refractivity contribution in [1.82, 2.24) is 20.1 Å². The molecule has 2 aromatic heterocycles. The number of hydrogen-bond donors (Lipinski definition) is 2. The van der Waals surface area contributed by atoms with E-state index in [1.165, 1.54) is 32.1 Å². The lowest BCUT2D eigenvalue weighted by atomic mass is 9.84. The van der Waals surface area contributed by atoms with Gasteiger partial charge in [0, 0.05) is 25.3 Å². The average molecular weight is 480 g/mol. The molecule has 1 saturated carbocycles. The number of pyridine rings is 1. The Morgan fingerprint density at radius 1 is 1.14 bits per heavy atom. The number of ether oxygens (including phenoxy) is 2. The highest BCUT2D eigenvalue weighted by atomic mass is 16.5. The highest BCUT2D eigenvalue weighted by Gasteiger charge is 2.24. The molecular formula is C27H37N5O3. The van der Waals surface area contributed by atoms with E-state index in [-0.39, 0.29) is 11.9 Å². The molecule has 0 unspecified atom stereocenters. The molecule has 35 heavy (non-hydrogen) atoms. The van der Waals surface area contributed by atoms with Crippen molar-refractivity contribution in [2.24, 2.45) is 5.92 Å². The molecule has 2 heterocycles. The van der Waals surface area contributed by atoms with Crippen molar-refractivity contribution in [2.75, 3.05) is 26.1 Å². The molecular weight excluding hydrogens is 442 g/mol. The van der Waals surface area contributed by atoms with E-state index >= 15 is 0 Å². The molecule has 1 aliphatic rings. The summed E-state index contributed by atoms with van der Waals surface area (Å²) in [5, 5.41) is 12.1. The van der Waals surface area contributed by atoms with Crippen LogP contribution in [0.1, 0.15) is 61.9 Å². The van der Waals surface area contributed by atoms with Crippen molar-refractivity contribution in [2.45, 2.75) is 65.0 Å². The Morgan fingerprint density at radius 2 is 1.91 bits per heavy atom. The Labute approximate surface area is 207 Å². The lowest BCUT2D eigenvalue weighted by Gasteiger charge is -2.29. The van der Waals surface area contributed by atoms with Gasteiger partial charge in [0.15, 0.2) is 17.1 Å². The minimum absolute atomic E-state index is 0.137. The quantitative estimate of drug-likeness (QED) is 0.433. The van der Waals surface area contributed by atoms with Gasteiger partial charge < -0.3 is 20.1 Å². The molecule has 1 atom stereocenters. The van der Waals surface area contributed by atoms with E-state index in [0.717, 1.165) is 28.8 Å². The Kier molecular flexibility index (Phi) is 8.10. The molecule has 188 valence electrons. The molecule has 8 nitrogen and oxygen atoms in total. The highest BCUT2D eigenvalue weighted by molar-refractivity contribution is 6.06. The van der Waals surface area contributed by atoms with Crippen LogP contribution in [0.3, 0.4) is 0 Å². The zero-order chi connectivity index (χ0) is 24.8. The molecule has 2 N–H and O–H groups in total. The van der Waals surface area contributed by atoms with Crippen LogP contribution < -0.4 is 20.1 Å². The first-order chi connectivity index (χ1) is 17.0. The maximum absolute atomic E-state index is 13.3. The number of nitrogens with one attached hydrogen (secondary N) is 2. The number of methoxy groups -OCH3 is 2. The Hall–Kier alpha value is -3.29. The van der Waals surface area contributed by atoms with E-state index in [1.807, 2.05) is 36.0 Å². The molecule has 0 spiro atoms. The number of carbonyl (C=O) groups is 1. The van der Waals surface area contributed by atoms with Gasteiger partial charge in [-0.15, -0.1) is 0 Å². The maximum Gasteiger partial charge on any atom is 0.254 e. The average Bonchev–Trinajstić information content (AvgIpc) is 3.32. The maximum atomic E-state index is 13.3. The first kappa shape index (κ1) is 24.8. The lowest BCUT2D eigenvalue weighted by molar-refractivity contribution is 0.0954. The number of hydrogen-bond acceptors (Lipinski definition) is 6.